The zero-order valence-electron chi connectivity index (χ0n) is 18.1. The average molecular weight is 472 g/mol. The summed E-state index contributed by atoms with van der Waals surface area (Å²) >= 11 is 5.30. The molecule has 2 aromatic carbocycles. The van der Waals surface area contributed by atoms with Gasteiger partial charge in [0.2, 0.25) is 12.5 Å². The lowest BCUT2D eigenvalue weighted by Gasteiger charge is -2.35. The number of hydrogen-bond donors (Lipinski definition) is 2. The first-order chi connectivity index (χ1) is 15.9. The molecule has 3 aromatic rings. The molecule has 2 atom stereocenters. The van der Waals surface area contributed by atoms with Crippen molar-refractivity contribution in [1.29, 1.82) is 0 Å². The Balaban J connectivity index is 1.70. The highest BCUT2D eigenvalue weighted by Crippen LogP contribution is 2.48. The lowest BCUT2D eigenvalue weighted by atomic mass is 9.87. The monoisotopic (exact) mass is 471 g/mol. The lowest BCUT2D eigenvalue weighted by molar-refractivity contribution is -0.908. The summed E-state index contributed by atoms with van der Waals surface area (Å²) in [4.78, 5) is 16.7. The molecule has 2 N–H and O–H groups in total. The first-order valence-electron chi connectivity index (χ1n) is 10.5. The maximum atomic E-state index is 13.7. The molecule has 0 saturated heterocycles. The molecule has 0 radical (unpaired) electrons. The van der Waals surface area contributed by atoms with Gasteiger partial charge in [-0.25, -0.2) is 4.39 Å². The summed E-state index contributed by atoms with van der Waals surface area (Å²) < 4.78 is 31.5. The molecule has 1 unspecified atom stereocenters. The van der Waals surface area contributed by atoms with Gasteiger partial charge in [0, 0.05) is 13.0 Å². The molecule has 0 amide bonds. The molecule has 33 heavy (non-hydrogen) atoms. The first-order valence-corrected chi connectivity index (χ1v) is 10.9. The number of methoxy groups -OCH3 is 1. The molecule has 3 heterocycles. The summed E-state index contributed by atoms with van der Waals surface area (Å²) in [5.41, 5.74) is 1.91. The standard InChI is InChI=1S/C23H22FN3O5S/c1-26-8-7-13-9-15-19(32-11-31-15)20(30-2)16(13)18(26)17-21(28)25-23(33)27(22(17)29)10-12-3-5-14(24)6-4-12/h3-6,9,18,29H,7-8,10-11H2,1-2H3,(H,25,28,33)/t18-/m1/s1. The minimum atomic E-state index is -0.593. The average Bonchev–Trinajstić information content (AvgIpc) is 3.26. The van der Waals surface area contributed by atoms with Gasteiger partial charge in [-0.05, 0) is 47.4 Å². The fourth-order valence-corrected chi connectivity index (χ4v) is 4.89. The van der Waals surface area contributed by atoms with Crippen molar-refractivity contribution in [3.05, 3.63) is 73.5 Å². The number of rotatable bonds is 4. The normalized spacial score (nSPS) is 18.8. The number of H-pyrrole nitrogens is 1. The molecule has 172 valence electrons. The SMILES string of the molecule is COc1c2c(cc3c1[C@H](c1c([O-])n(Cc4ccc(F)cc4)c(=S)[nH]c1=O)[NH+](C)CC3)OCO2. The molecule has 2 aliphatic heterocycles. The number of hydrogen-bond acceptors (Lipinski definition) is 6. The van der Waals surface area contributed by atoms with E-state index in [1.165, 1.54) is 23.8 Å². The minimum absolute atomic E-state index is 0.0180. The van der Waals surface area contributed by atoms with Gasteiger partial charge in [-0.2, -0.15) is 0 Å². The van der Waals surface area contributed by atoms with Crippen LogP contribution >= 0.6 is 12.2 Å². The Morgan fingerprint density at radius 1 is 1.30 bits per heavy atom. The minimum Gasteiger partial charge on any atom is -0.859 e. The van der Waals surface area contributed by atoms with E-state index in [9.17, 15) is 14.3 Å². The second-order valence-electron chi connectivity index (χ2n) is 8.19. The smallest absolute Gasteiger partial charge is 0.260 e. The molecule has 0 aliphatic carbocycles. The Morgan fingerprint density at radius 2 is 2.06 bits per heavy atom. The Morgan fingerprint density at radius 3 is 2.79 bits per heavy atom. The van der Waals surface area contributed by atoms with Crippen molar-refractivity contribution in [1.82, 2.24) is 9.55 Å². The van der Waals surface area contributed by atoms with Crippen LogP contribution in [-0.4, -0.2) is 37.0 Å². The van der Waals surface area contributed by atoms with Gasteiger partial charge >= 0.3 is 0 Å². The summed E-state index contributed by atoms with van der Waals surface area (Å²) in [5, 5.41) is 13.7. The molecular formula is C23H22FN3O5S. The maximum Gasteiger partial charge on any atom is 0.260 e. The van der Waals surface area contributed by atoms with Crippen molar-refractivity contribution in [3.8, 4) is 23.1 Å². The number of quaternary nitrogens is 1. The van der Waals surface area contributed by atoms with Crippen LogP contribution < -0.4 is 29.8 Å². The van der Waals surface area contributed by atoms with Crippen molar-refractivity contribution in [2.24, 2.45) is 0 Å². The number of aromatic nitrogens is 2. The first kappa shape index (κ1) is 21.5. The van der Waals surface area contributed by atoms with E-state index in [1.807, 2.05) is 13.1 Å². The summed E-state index contributed by atoms with van der Waals surface area (Å²) in [5.74, 6) is 0.674. The Kier molecular flexibility index (Phi) is 5.34. The van der Waals surface area contributed by atoms with Crippen molar-refractivity contribution in [3.63, 3.8) is 0 Å². The highest BCUT2D eigenvalue weighted by Gasteiger charge is 2.39. The summed E-state index contributed by atoms with van der Waals surface area (Å²) in [6.07, 6.45) is 0.728. The van der Waals surface area contributed by atoms with Crippen LogP contribution in [0.3, 0.4) is 0 Å². The van der Waals surface area contributed by atoms with Gasteiger partial charge in [0.1, 0.15) is 11.9 Å². The summed E-state index contributed by atoms with van der Waals surface area (Å²) in [7, 11) is 3.46. The third-order valence-corrected chi connectivity index (χ3v) is 6.57. The van der Waals surface area contributed by atoms with Gasteiger partial charge in [0.05, 0.1) is 31.8 Å². The maximum absolute atomic E-state index is 13.7. The molecule has 0 spiro atoms. The van der Waals surface area contributed by atoms with E-state index in [4.69, 9.17) is 26.4 Å². The van der Waals surface area contributed by atoms with E-state index in [1.54, 1.807) is 12.1 Å². The van der Waals surface area contributed by atoms with E-state index < -0.39 is 17.5 Å². The molecule has 1 aromatic heterocycles. The van der Waals surface area contributed by atoms with E-state index in [0.717, 1.165) is 22.4 Å². The number of benzene rings is 2. The Hall–Kier alpha value is -3.37. The van der Waals surface area contributed by atoms with Crippen molar-refractivity contribution >= 4 is 12.2 Å². The Bertz CT molecular complexity index is 1350. The van der Waals surface area contributed by atoms with Crippen LogP contribution in [0, 0.1) is 10.6 Å². The fourth-order valence-electron chi connectivity index (χ4n) is 4.65. The molecule has 8 nitrogen and oxygen atoms in total. The summed E-state index contributed by atoms with van der Waals surface area (Å²) in [6.45, 7) is 0.892. The van der Waals surface area contributed by atoms with Gasteiger partial charge in [0.15, 0.2) is 16.3 Å². The number of nitrogens with zero attached hydrogens (tertiary/aromatic N) is 1. The number of fused-ring (bicyclic) bond motifs is 2. The Labute approximate surface area is 193 Å². The highest BCUT2D eigenvalue weighted by molar-refractivity contribution is 7.71. The van der Waals surface area contributed by atoms with E-state index in [2.05, 4.69) is 4.98 Å². The molecule has 2 aliphatic rings. The van der Waals surface area contributed by atoms with E-state index in [0.29, 0.717) is 29.4 Å². The zero-order chi connectivity index (χ0) is 23.3. The number of likely N-dealkylation sites (N-methyl/N-ethyl adjacent to an activating group) is 1. The van der Waals surface area contributed by atoms with Crippen molar-refractivity contribution in [2.45, 2.75) is 19.0 Å². The zero-order valence-corrected chi connectivity index (χ0v) is 18.9. The fraction of sp³-hybridized carbons (Fsp3) is 0.304. The van der Waals surface area contributed by atoms with Crippen LogP contribution in [0.2, 0.25) is 0 Å². The molecule has 10 heteroatoms. The lowest BCUT2D eigenvalue weighted by Crippen LogP contribution is -3.10. The molecule has 0 saturated carbocycles. The molecule has 0 fully saturated rings. The third kappa shape index (κ3) is 3.55. The molecule has 0 bridgehead atoms. The van der Waals surface area contributed by atoms with Crippen LogP contribution in [0.4, 0.5) is 4.39 Å². The van der Waals surface area contributed by atoms with Gasteiger partial charge in [-0.1, -0.05) is 12.1 Å². The number of nitrogens with one attached hydrogen (secondary N) is 2. The van der Waals surface area contributed by atoms with Gasteiger partial charge in [-0.15, -0.1) is 0 Å². The summed E-state index contributed by atoms with van der Waals surface area (Å²) in [6, 6.07) is 7.10. The van der Waals surface area contributed by atoms with Crippen LogP contribution in [0.25, 0.3) is 0 Å². The van der Waals surface area contributed by atoms with Crippen molar-refractivity contribution < 1.29 is 28.6 Å². The van der Waals surface area contributed by atoms with Gasteiger partial charge in [0.25, 0.3) is 5.56 Å². The second kappa shape index (κ2) is 8.20. The predicted molar refractivity (Wildman–Crippen MR) is 117 cm³/mol. The van der Waals surface area contributed by atoms with Gasteiger partial charge in [-0.3, -0.25) is 9.78 Å². The topological polar surface area (TPSA) is 93.0 Å². The van der Waals surface area contributed by atoms with E-state index >= 15 is 0 Å². The highest BCUT2D eigenvalue weighted by atomic mass is 32.1. The van der Waals surface area contributed by atoms with Crippen LogP contribution in [0.1, 0.15) is 28.3 Å². The predicted octanol–water partition coefficient (Wildman–Crippen LogP) is 1.06. The van der Waals surface area contributed by atoms with E-state index in [-0.39, 0.29) is 29.5 Å². The molecule has 5 rings (SSSR count). The van der Waals surface area contributed by atoms with Crippen molar-refractivity contribution in [2.75, 3.05) is 27.5 Å². The number of ether oxygens (including phenoxy) is 3. The largest absolute Gasteiger partial charge is 0.859 e. The third-order valence-electron chi connectivity index (χ3n) is 6.25. The second-order valence-corrected chi connectivity index (χ2v) is 8.57. The quantitative estimate of drug-likeness (QED) is 0.553. The van der Waals surface area contributed by atoms with Crippen LogP contribution in [0.15, 0.2) is 35.1 Å². The van der Waals surface area contributed by atoms with Crippen LogP contribution in [-0.2, 0) is 13.0 Å². The van der Waals surface area contributed by atoms with Crippen LogP contribution in [0.5, 0.6) is 23.1 Å². The molecular weight excluding hydrogens is 449 g/mol. The number of halogens is 1. The van der Waals surface area contributed by atoms with Gasteiger partial charge < -0.3 is 28.8 Å². The number of aromatic amines is 1.